The van der Waals surface area contributed by atoms with Crippen LogP contribution in [0.3, 0.4) is 0 Å². The van der Waals surface area contributed by atoms with Gasteiger partial charge in [0, 0.05) is 12.0 Å². The minimum Gasteiger partial charge on any atom is -0.469 e. The summed E-state index contributed by atoms with van der Waals surface area (Å²) < 4.78 is 5.28. The number of hydrogen-bond donors (Lipinski definition) is 0. The van der Waals surface area contributed by atoms with E-state index in [1.54, 1.807) is 0 Å². The van der Waals surface area contributed by atoms with E-state index in [1.165, 1.54) is 31.9 Å². The van der Waals surface area contributed by atoms with Crippen molar-refractivity contribution in [1.29, 1.82) is 0 Å². The molecule has 0 saturated heterocycles. The number of carbonyl (C=O) groups excluding carboxylic acids is 2. The highest BCUT2D eigenvalue weighted by Crippen LogP contribution is 2.75. The molecule has 0 bridgehead atoms. The number of methoxy groups -OCH3 is 1. The third-order valence-corrected chi connectivity index (χ3v) is 13.9. The summed E-state index contributed by atoms with van der Waals surface area (Å²) in [4.78, 5) is 29.8. The second-order valence-electron chi connectivity index (χ2n) is 16.1. The summed E-state index contributed by atoms with van der Waals surface area (Å²) >= 11 is 0. The van der Waals surface area contributed by atoms with Gasteiger partial charge in [0.25, 0.3) is 0 Å². The fourth-order valence-corrected chi connectivity index (χ4v) is 11.5. The highest BCUT2D eigenvalue weighted by Gasteiger charge is 2.70. The van der Waals surface area contributed by atoms with E-state index in [4.69, 9.17) is 4.74 Å². The van der Waals surface area contributed by atoms with Gasteiger partial charge in [-0.05, 0) is 124 Å². The molecule has 5 rings (SSSR count). The molecule has 4 fully saturated rings. The molecule has 0 heterocycles. The topological polar surface area (TPSA) is 46.6 Å². The average Bonchev–Trinajstić information content (AvgIpc) is 2.80. The molecule has 0 amide bonds. The molecule has 5 aliphatic carbocycles. The Morgan fingerprint density at radius 1 is 0.919 bits per heavy atom. The second kappa shape index (κ2) is 8.18. The third kappa shape index (κ3) is 3.42. The first-order valence-corrected chi connectivity index (χ1v) is 15.0. The molecule has 0 aliphatic heterocycles. The van der Waals surface area contributed by atoms with Crippen molar-refractivity contribution in [3.63, 3.8) is 0 Å². The van der Waals surface area contributed by atoms with Crippen molar-refractivity contribution in [3.05, 3.63) is 11.6 Å². The predicted octanol–water partition coefficient (Wildman–Crippen LogP) is 7.07. The summed E-state index contributed by atoms with van der Waals surface area (Å²) in [6, 6.07) is 0.559. The van der Waals surface area contributed by atoms with Crippen LogP contribution in [0.1, 0.15) is 106 Å². The monoisotopic (exact) mass is 511 g/mol. The standard InChI is InChI=1S/C33H53NO3/c1-28(2)24-11-14-33(7)26(31(24,5)13-12-25(28)34(8)9)23(35)19-21-22-20-30(4,27(36)37-10)16-15-29(22,3)17-18-32(21,33)6/h19,22,24-26H,11-18,20H2,1-10H3/t22?,24-,25?,26+,29+,30-,31-,32+,33+/m0/s1. The molecule has 0 N–H and O–H groups in total. The van der Waals surface area contributed by atoms with Crippen molar-refractivity contribution >= 4 is 11.8 Å². The molecule has 4 saturated carbocycles. The van der Waals surface area contributed by atoms with Gasteiger partial charge >= 0.3 is 5.97 Å². The normalized spacial score (nSPS) is 50.8. The number of ketones is 1. The van der Waals surface area contributed by atoms with Crippen molar-refractivity contribution < 1.29 is 14.3 Å². The van der Waals surface area contributed by atoms with E-state index >= 15 is 0 Å². The molecular formula is C33H53NO3. The van der Waals surface area contributed by atoms with Gasteiger partial charge in [-0.15, -0.1) is 0 Å². The number of esters is 1. The number of carbonyl (C=O) groups is 2. The molecule has 4 nitrogen and oxygen atoms in total. The van der Waals surface area contributed by atoms with E-state index < -0.39 is 5.41 Å². The first-order chi connectivity index (χ1) is 17.0. The smallest absolute Gasteiger partial charge is 0.311 e. The molecule has 4 heteroatoms. The van der Waals surface area contributed by atoms with Crippen molar-refractivity contribution in [2.24, 2.45) is 50.2 Å². The largest absolute Gasteiger partial charge is 0.469 e. The molecule has 37 heavy (non-hydrogen) atoms. The third-order valence-electron chi connectivity index (χ3n) is 13.9. The molecule has 5 aliphatic rings. The maximum Gasteiger partial charge on any atom is 0.311 e. The zero-order valence-corrected chi connectivity index (χ0v) is 25.4. The van der Waals surface area contributed by atoms with Crippen LogP contribution in [0.15, 0.2) is 11.6 Å². The summed E-state index contributed by atoms with van der Waals surface area (Å²) in [6.07, 6.45) is 11.8. The van der Waals surface area contributed by atoms with Gasteiger partial charge in [-0.25, -0.2) is 0 Å². The lowest BCUT2D eigenvalue weighted by Gasteiger charge is -2.71. The van der Waals surface area contributed by atoms with Gasteiger partial charge in [0.15, 0.2) is 5.78 Å². The van der Waals surface area contributed by atoms with Crippen molar-refractivity contribution in [2.75, 3.05) is 21.2 Å². The van der Waals surface area contributed by atoms with E-state index in [1.807, 2.05) is 0 Å². The molecule has 0 radical (unpaired) electrons. The van der Waals surface area contributed by atoms with Crippen LogP contribution >= 0.6 is 0 Å². The van der Waals surface area contributed by atoms with Crippen LogP contribution in [0.2, 0.25) is 0 Å². The molecule has 9 atom stereocenters. The Bertz CT molecular complexity index is 1030. The fourth-order valence-electron chi connectivity index (χ4n) is 11.5. The van der Waals surface area contributed by atoms with E-state index in [9.17, 15) is 9.59 Å². The zero-order valence-electron chi connectivity index (χ0n) is 25.4. The number of hydrogen-bond acceptors (Lipinski definition) is 4. The van der Waals surface area contributed by atoms with Crippen LogP contribution in [-0.2, 0) is 14.3 Å². The summed E-state index contributed by atoms with van der Waals surface area (Å²) in [5.41, 5.74) is 1.25. The van der Waals surface area contributed by atoms with Crippen LogP contribution < -0.4 is 0 Å². The molecular weight excluding hydrogens is 458 g/mol. The van der Waals surface area contributed by atoms with E-state index in [0.29, 0.717) is 17.7 Å². The first kappa shape index (κ1) is 27.4. The lowest BCUT2D eigenvalue weighted by atomic mass is 9.33. The number of fused-ring (bicyclic) bond motifs is 7. The van der Waals surface area contributed by atoms with Gasteiger partial charge in [0.2, 0.25) is 0 Å². The zero-order chi connectivity index (χ0) is 27.4. The Kier molecular flexibility index (Phi) is 6.06. The lowest BCUT2D eigenvalue weighted by molar-refractivity contribution is -0.194. The Morgan fingerprint density at radius 3 is 2.19 bits per heavy atom. The predicted molar refractivity (Wildman–Crippen MR) is 149 cm³/mol. The highest BCUT2D eigenvalue weighted by atomic mass is 16.5. The van der Waals surface area contributed by atoms with Gasteiger partial charge in [-0.2, -0.15) is 0 Å². The van der Waals surface area contributed by atoms with E-state index in [2.05, 4.69) is 73.5 Å². The molecule has 0 aromatic rings. The van der Waals surface area contributed by atoms with Crippen LogP contribution in [0.5, 0.6) is 0 Å². The summed E-state index contributed by atoms with van der Waals surface area (Å²) in [5.74, 6) is 1.21. The Labute approximate surface area is 226 Å². The SMILES string of the molecule is COC(=O)[C@@]1(C)CC[C@]2(C)CC[C@]3(C)C(=CC(=O)[C@@H]4[C@@]5(C)CCC(N(C)C)C(C)(C)[C@@H]5CC[C@]43C)C2C1. The van der Waals surface area contributed by atoms with E-state index in [0.717, 1.165) is 38.5 Å². The Morgan fingerprint density at radius 2 is 1.57 bits per heavy atom. The molecule has 0 aromatic heterocycles. The molecule has 0 aromatic carbocycles. The van der Waals surface area contributed by atoms with Crippen molar-refractivity contribution in [3.8, 4) is 0 Å². The maximum atomic E-state index is 14.5. The number of allylic oxidation sites excluding steroid dienone is 2. The molecule has 0 spiro atoms. The summed E-state index contributed by atoms with van der Waals surface area (Å²) in [5, 5.41) is 0. The highest BCUT2D eigenvalue weighted by molar-refractivity contribution is 5.95. The average molecular weight is 512 g/mol. The maximum absolute atomic E-state index is 14.5. The van der Waals surface area contributed by atoms with Gasteiger partial charge in [-0.3, -0.25) is 9.59 Å². The minimum absolute atomic E-state index is 0.000637. The molecule has 208 valence electrons. The van der Waals surface area contributed by atoms with Crippen molar-refractivity contribution in [2.45, 2.75) is 112 Å². The van der Waals surface area contributed by atoms with Crippen LogP contribution in [0, 0.1) is 50.2 Å². The molecule has 2 unspecified atom stereocenters. The van der Waals surface area contributed by atoms with E-state index in [-0.39, 0.29) is 44.9 Å². The lowest BCUT2D eigenvalue weighted by Crippen LogP contribution is -2.67. The Hall–Kier alpha value is -1.16. The summed E-state index contributed by atoms with van der Waals surface area (Å²) in [6.45, 7) is 16.9. The second-order valence-corrected chi connectivity index (χ2v) is 16.1. The number of rotatable bonds is 2. The summed E-state index contributed by atoms with van der Waals surface area (Å²) in [7, 11) is 5.98. The van der Waals surface area contributed by atoms with Crippen LogP contribution in [0.4, 0.5) is 0 Å². The first-order valence-electron chi connectivity index (χ1n) is 15.0. The quantitative estimate of drug-likeness (QED) is 0.372. The number of ether oxygens (including phenoxy) is 1. The van der Waals surface area contributed by atoms with Gasteiger partial charge in [0.05, 0.1) is 12.5 Å². The fraction of sp³-hybridized carbons (Fsp3) is 0.879. The van der Waals surface area contributed by atoms with Crippen LogP contribution in [0.25, 0.3) is 0 Å². The number of nitrogens with zero attached hydrogens (tertiary/aromatic N) is 1. The minimum atomic E-state index is -0.461. The Balaban J connectivity index is 1.59. The van der Waals surface area contributed by atoms with Gasteiger partial charge < -0.3 is 9.64 Å². The van der Waals surface area contributed by atoms with Gasteiger partial charge in [0.1, 0.15) is 0 Å². The van der Waals surface area contributed by atoms with Gasteiger partial charge in [-0.1, -0.05) is 47.1 Å². The van der Waals surface area contributed by atoms with Crippen molar-refractivity contribution in [1.82, 2.24) is 4.90 Å². The van der Waals surface area contributed by atoms with Crippen LogP contribution in [-0.4, -0.2) is 43.9 Å².